The highest BCUT2D eigenvalue weighted by Crippen LogP contribution is 2.21. The standard InChI is InChI=1S/C12H18N2O2.CH3I/c1-4-14(5-2)11-8-6-7-10(9-11)13(3)12(15)16;1-2/h6-9H,4-5H2,1-3H3,(H,15,16);1H3/p-1. The van der Waals surface area contributed by atoms with Crippen LogP contribution in [0.5, 0.6) is 0 Å². The van der Waals surface area contributed by atoms with Crippen LogP contribution in [0.25, 0.3) is 0 Å². The number of hydrogen-bond donors (Lipinski definition) is 0. The lowest BCUT2D eigenvalue weighted by Crippen LogP contribution is -2.38. The van der Waals surface area contributed by atoms with Gasteiger partial charge in [0, 0.05) is 31.5 Å². The van der Waals surface area contributed by atoms with E-state index in [0.717, 1.165) is 23.7 Å². The van der Waals surface area contributed by atoms with Gasteiger partial charge in [-0.25, -0.2) is 0 Å². The van der Waals surface area contributed by atoms with E-state index in [9.17, 15) is 9.90 Å². The third-order valence-electron chi connectivity index (χ3n) is 2.62. The summed E-state index contributed by atoms with van der Waals surface area (Å²) >= 11 is 2.15. The maximum Gasteiger partial charge on any atom is 0.141 e. The van der Waals surface area contributed by atoms with Crippen LogP contribution in [-0.4, -0.2) is 31.2 Å². The quantitative estimate of drug-likeness (QED) is 0.610. The highest BCUT2D eigenvalue weighted by Gasteiger charge is 2.05. The Labute approximate surface area is 123 Å². The molecule has 0 saturated heterocycles. The second-order valence-electron chi connectivity index (χ2n) is 3.52. The average molecular weight is 363 g/mol. The van der Waals surface area contributed by atoms with E-state index in [1.54, 1.807) is 6.07 Å². The van der Waals surface area contributed by atoms with Crippen molar-refractivity contribution in [1.82, 2.24) is 0 Å². The van der Waals surface area contributed by atoms with Crippen molar-refractivity contribution in [3.63, 3.8) is 0 Å². The summed E-state index contributed by atoms with van der Waals surface area (Å²) in [5.74, 6) is 0. The molecule has 4 nitrogen and oxygen atoms in total. The predicted molar refractivity (Wildman–Crippen MR) is 83.7 cm³/mol. The third kappa shape index (κ3) is 4.72. The first kappa shape index (κ1) is 17.0. The van der Waals surface area contributed by atoms with E-state index in [4.69, 9.17) is 0 Å². The van der Waals surface area contributed by atoms with Gasteiger partial charge in [0.15, 0.2) is 0 Å². The van der Waals surface area contributed by atoms with E-state index in [-0.39, 0.29) is 0 Å². The Bertz CT molecular complexity index is 368. The molecule has 1 aromatic carbocycles. The van der Waals surface area contributed by atoms with Gasteiger partial charge >= 0.3 is 0 Å². The number of hydrogen-bond acceptors (Lipinski definition) is 3. The first-order valence-corrected chi connectivity index (χ1v) is 7.93. The number of nitrogens with zero attached hydrogens (tertiary/aromatic N) is 2. The van der Waals surface area contributed by atoms with E-state index in [1.165, 1.54) is 7.05 Å². The third-order valence-corrected chi connectivity index (χ3v) is 2.62. The van der Waals surface area contributed by atoms with E-state index >= 15 is 0 Å². The summed E-state index contributed by atoms with van der Waals surface area (Å²) < 4.78 is 0. The zero-order valence-corrected chi connectivity index (χ0v) is 13.5. The van der Waals surface area contributed by atoms with Gasteiger partial charge in [0.25, 0.3) is 0 Å². The van der Waals surface area contributed by atoms with Crippen molar-refractivity contribution >= 4 is 40.1 Å². The molecule has 0 aliphatic rings. The van der Waals surface area contributed by atoms with Crippen molar-refractivity contribution in [2.45, 2.75) is 13.8 Å². The van der Waals surface area contributed by atoms with Crippen LogP contribution in [0, 0.1) is 0 Å². The molecule has 0 spiro atoms. The van der Waals surface area contributed by atoms with Gasteiger partial charge in [-0.05, 0) is 37.0 Å². The molecular formula is C13H20IN2O2-. The summed E-state index contributed by atoms with van der Waals surface area (Å²) in [6, 6.07) is 7.42. The summed E-state index contributed by atoms with van der Waals surface area (Å²) in [4.78, 5) is 16.0. The van der Waals surface area contributed by atoms with E-state index in [1.807, 2.05) is 23.1 Å². The second-order valence-corrected chi connectivity index (χ2v) is 3.52. The van der Waals surface area contributed by atoms with Crippen LogP contribution in [-0.2, 0) is 0 Å². The van der Waals surface area contributed by atoms with Gasteiger partial charge in [-0.15, -0.1) is 0 Å². The summed E-state index contributed by atoms with van der Waals surface area (Å²) in [7, 11) is 1.48. The van der Waals surface area contributed by atoms with Gasteiger partial charge in [0.05, 0.1) is 0 Å². The van der Waals surface area contributed by atoms with Crippen molar-refractivity contribution < 1.29 is 9.90 Å². The largest absolute Gasteiger partial charge is 0.530 e. The van der Waals surface area contributed by atoms with Crippen molar-refractivity contribution in [3.8, 4) is 0 Å². The molecule has 0 atom stereocenters. The van der Waals surface area contributed by atoms with Crippen LogP contribution in [0.4, 0.5) is 16.2 Å². The van der Waals surface area contributed by atoms with Gasteiger partial charge in [0.1, 0.15) is 6.09 Å². The van der Waals surface area contributed by atoms with Gasteiger partial charge in [-0.1, -0.05) is 28.7 Å². The number of halogens is 1. The minimum atomic E-state index is -1.20. The molecule has 1 amide bonds. The SMILES string of the molecule is CCN(CC)c1cccc(N(C)C(=O)[O-])c1.CI. The summed E-state index contributed by atoms with van der Waals surface area (Å²) in [6.45, 7) is 5.93. The summed E-state index contributed by atoms with van der Waals surface area (Å²) in [5, 5.41) is 10.7. The molecule has 0 unspecified atom stereocenters. The maximum absolute atomic E-state index is 10.7. The van der Waals surface area contributed by atoms with Crippen molar-refractivity contribution in [2.75, 3.05) is 34.9 Å². The van der Waals surface area contributed by atoms with Crippen LogP contribution in [0.2, 0.25) is 0 Å². The number of alkyl halides is 1. The Morgan fingerprint density at radius 3 is 2.17 bits per heavy atom. The Morgan fingerprint density at radius 2 is 1.72 bits per heavy atom. The highest BCUT2D eigenvalue weighted by molar-refractivity contribution is 14.1. The normalized spacial score (nSPS) is 9.17. The fourth-order valence-electron chi connectivity index (χ4n) is 1.59. The Kier molecular flexibility index (Phi) is 8.53. The van der Waals surface area contributed by atoms with Crippen LogP contribution in [0.3, 0.4) is 0 Å². The van der Waals surface area contributed by atoms with E-state index < -0.39 is 6.09 Å². The molecule has 5 heteroatoms. The first-order chi connectivity index (χ1) is 8.60. The molecule has 0 saturated carbocycles. The molecule has 1 aromatic rings. The molecule has 0 aliphatic heterocycles. The molecule has 18 heavy (non-hydrogen) atoms. The number of anilines is 2. The minimum Gasteiger partial charge on any atom is -0.530 e. The monoisotopic (exact) mass is 363 g/mol. The second kappa shape index (κ2) is 9.02. The van der Waals surface area contributed by atoms with Crippen LogP contribution >= 0.6 is 22.6 Å². The van der Waals surface area contributed by atoms with Gasteiger partial charge in [-0.3, -0.25) is 0 Å². The maximum atomic E-state index is 10.7. The first-order valence-electron chi connectivity index (χ1n) is 5.77. The number of amides is 1. The predicted octanol–water partition coefficient (Wildman–Crippen LogP) is 2.36. The molecular weight excluding hydrogens is 343 g/mol. The van der Waals surface area contributed by atoms with Crippen molar-refractivity contribution in [3.05, 3.63) is 24.3 Å². The Balaban J connectivity index is 0.00000137. The Morgan fingerprint density at radius 1 is 1.22 bits per heavy atom. The van der Waals surface area contributed by atoms with Crippen molar-refractivity contribution in [1.29, 1.82) is 0 Å². The van der Waals surface area contributed by atoms with Crippen LogP contribution < -0.4 is 14.9 Å². The summed E-state index contributed by atoms with van der Waals surface area (Å²) in [5.41, 5.74) is 1.65. The fraction of sp³-hybridized carbons (Fsp3) is 0.462. The molecule has 1 rings (SSSR count). The number of rotatable bonds is 4. The van der Waals surface area contributed by atoms with E-state index in [2.05, 4.69) is 41.3 Å². The molecule has 102 valence electrons. The lowest BCUT2D eigenvalue weighted by atomic mass is 10.2. The lowest BCUT2D eigenvalue weighted by molar-refractivity contribution is -0.246. The molecule has 0 aromatic heterocycles. The topological polar surface area (TPSA) is 46.6 Å². The molecule has 0 aliphatic carbocycles. The number of benzene rings is 1. The summed E-state index contributed by atoms with van der Waals surface area (Å²) in [6.07, 6.45) is -1.20. The van der Waals surface area contributed by atoms with Crippen LogP contribution in [0.1, 0.15) is 13.8 Å². The zero-order valence-electron chi connectivity index (χ0n) is 11.3. The van der Waals surface area contributed by atoms with E-state index in [0.29, 0.717) is 5.69 Å². The molecule has 0 N–H and O–H groups in total. The van der Waals surface area contributed by atoms with Crippen molar-refractivity contribution in [2.24, 2.45) is 0 Å². The molecule has 0 radical (unpaired) electrons. The van der Waals surface area contributed by atoms with Gasteiger partial charge in [-0.2, -0.15) is 0 Å². The fourth-order valence-corrected chi connectivity index (χ4v) is 1.59. The van der Waals surface area contributed by atoms with Crippen LogP contribution in [0.15, 0.2) is 24.3 Å². The minimum absolute atomic E-state index is 0.629. The number of carbonyl (C=O) groups excluding carboxylic acids is 1. The molecule has 0 bridgehead atoms. The molecule has 0 heterocycles. The van der Waals surface area contributed by atoms with Gasteiger partial charge in [0.2, 0.25) is 0 Å². The van der Waals surface area contributed by atoms with Gasteiger partial charge < -0.3 is 19.7 Å². The average Bonchev–Trinajstić information content (AvgIpc) is 2.42. The lowest BCUT2D eigenvalue weighted by Gasteiger charge is -2.24. The number of carbonyl (C=O) groups is 1. The smallest absolute Gasteiger partial charge is 0.141 e. The number of carboxylic acid groups (broad SMARTS) is 1. The Hall–Kier alpha value is -0.980. The zero-order chi connectivity index (χ0) is 14.1. The molecule has 0 fully saturated rings. The highest BCUT2D eigenvalue weighted by atomic mass is 127.